The normalized spacial score (nSPS) is 10.4. The zero-order valence-corrected chi connectivity index (χ0v) is 10.0. The molecule has 1 rings (SSSR count). The van der Waals surface area contributed by atoms with Crippen LogP contribution in [-0.2, 0) is 4.79 Å². The zero-order valence-electron chi connectivity index (χ0n) is 9.20. The summed E-state index contributed by atoms with van der Waals surface area (Å²) in [6.45, 7) is 6.89. The first-order valence-corrected chi connectivity index (χ1v) is 5.66. The van der Waals surface area contributed by atoms with Crippen molar-refractivity contribution < 1.29 is 4.79 Å². The number of nitrogens with one attached hydrogen (secondary N) is 2. The van der Waals surface area contributed by atoms with E-state index in [9.17, 15) is 4.79 Å². The fourth-order valence-electron chi connectivity index (χ4n) is 0.905. The first kappa shape index (κ1) is 11.9. The maximum atomic E-state index is 11.3. The molecular weight excluding hydrogens is 212 g/mol. The van der Waals surface area contributed by atoms with Crippen molar-refractivity contribution in [1.82, 2.24) is 14.7 Å². The summed E-state index contributed by atoms with van der Waals surface area (Å²) in [7, 11) is 0. The van der Waals surface area contributed by atoms with E-state index in [1.807, 2.05) is 6.92 Å². The van der Waals surface area contributed by atoms with Gasteiger partial charge in [-0.3, -0.25) is 4.79 Å². The van der Waals surface area contributed by atoms with Crippen LogP contribution in [0.5, 0.6) is 0 Å². The van der Waals surface area contributed by atoms with Gasteiger partial charge in [0, 0.05) is 18.1 Å². The molecule has 0 saturated heterocycles. The highest BCUT2D eigenvalue weighted by atomic mass is 32.1. The minimum absolute atomic E-state index is 0.0171. The highest BCUT2D eigenvalue weighted by molar-refractivity contribution is 7.09. The lowest BCUT2D eigenvalue weighted by atomic mass is 10.2. The summed E-state index contributed by atoms with van der Waals surface area (Å²) in [5.74, 6) is 1.18. The predicted molar refractivity (Wildman–Crippen MR) is 61.0 cm³/mol. The molecule has 15 heavy (non-hydrogen) atoms. The van der Waals surface area contributed by atoms with Crippen LogP contribution in [0.1, 0.15) is 19.7 Å². The minimum atomic E-state index is -0.0171. The van der Waals surface area contributed by atoms with Crippen LogP contribution in [0.2, 0.25) is 0 Å². The molecule has 1 aromatic rings. The van der Waals surface area contributed by atoms with Crippen LogP contribution in [-0.4, -0.2) is 28.4 Å². The van der Waals surface area contributed by atoms with Gasteiger partial charge in [-0.15, -0.1) is 0 Å². The van der Waals surface area contributed by atoms with E-state index in [1.165, 1.54) is 11.5 Å². The third-order valence-corrected chi connectivity index (χ3v) is 2.40. The van der Waals surface area contributed by atoms with E-state index in [4.69, 9.17) is 0 Å². The lowest BCUT2D eigenvalue weighted by Crippen LogP contribution is -2.32. The van der Waals surface area contributed by atoms with Gasteiger partial charge in [-0.2, -0.15) is 4.37 Å². The number of carbonyl (C=O) groups is 1. The molecule has 6 heteroatoms. The summed E-state index contributed by atoms with van der Waals surface area (Å²) >= 11 is 1.26. The number of hydrogen-bond donors (Lipinski definition) is 2. The highest BCUT2D eigenvalue weighted by Gasteiger charge is 2.04. The molecule has 0 bridgehead atoms. The maximum absolute atomic E-state index is 11.3. The number of rotatable bonds is 5. The Labute approximate surface area is 93.5 Å². The van der Waals surface area contributed by atoms with Crippen molar-refractivity contribution in [2.45, 2.75) is 20.8 Å². The van der Waals surface area contributed by atoms with E-state index in [1.54, 1.807) is 0 Å². The van der Waals surface area contributed by atoms with Gasteiger partial charge in [0.05, 0.1) is 6.54 Å². The van der Waals surface area contributed by atoms with Crippen molar-refractivity contribution in [2.24, 2.45) is 5.92 Å². The summed E-state index contributed by atoms with van der Waals surface area (Å²) < 4.78 is 4.01. The quantitative estimate of drug-likeness (QED) is 0.790. The molecule has 5 nitrogen and oxygen atoms in total. The number of anilines is 1. The van der Waals surface area contributed by atoms with Crippen molar-refractivity contribution >= 4 is 22.6 Å². The predicted octanol–water partition coefficient (Wildman–Crippen LogP) is 1.03. The van der Waals surface area contributed by atoms with Gasteiger partial charge < -0.3 is 10.6 Å². The number of carbonyl (C=O) groups excluding carboxylic acids is 1. The van der Waals surface area contributed by atoms with E-state index < -0.39 is 0 Å². The molecule has 1 amide bonds. The Kier molecular flexibility index (Phi) is 4.48. The Morgan fingerprint density at radius 1 is 1.53 bits per heavy atom. The third kappa shape index (κ3) is 4.73. The van der Waals surface area contributed by atoms with Gasteiger partial charge in [0.1, 0.15) is 5.82 Å². The third-order valence-electron chi connectivity index (χ3n) is 1.64. The summed E-state index contributed by atoms with van der Waals surface area (Å²) in [4.78, 5) is 15.4. The molecule has 0 saturated carbocycles. The minimum Gasteiger partial charge on any atom is -0.354 e. The molecule has 0 aliphatic carbocycles. The van der Waals surface area contributed by atoms with Gasteiger partial charge in [-0.1, -0.05) is 13.8 Å². The van der Waals surface area contributed by atoms with Crippen molar-refractivity contribution in [1.29, 1.82) is 0 Å². The fourth-order valence-corrected chi connectivity index (χ4v) is 1.47. The highest BCUT2D eigenvalue weighted by Crippen LogP contribution is 2.08. The van der Waals surface area contributed by atoms with E-state index in [-0.39, 0.29) is 12.5 Å². The SMILES string of the molecule is Cc1nsc(NCC(=O)NCC(C)C)n1. The van der Waals surface area contributed by atoms with Crippen LogP contribution >= 0.6 is 11.5 Å². The van der Waals surface area contributed by atoms with Gasteiger partial charge in [0.25, 0.3) is 0 Å². The summed E-state index contributed by atoms with van der Waals surface area (Å²) in [5, 5.41) is 6.42. The van der Waals surface area contributed by atoms with E-state index in [0.29, 0.717) is 17.6 Å². The number of aryl methyl sites for hydroxylation is 1. The van der Waals surface area contributed by atoms with Crippen molar-refractivity contribution in [3.8, 4) is 0 Å². The standard InChI is InChI=1S/C9H16N4OS/c1-6(2)4-10-8(14)5-11-9-12-7(3)13-15-9/h6H,4-5H2,1-3H3,(H,10,14)(H,11,12,13). The number of nitrogens with zero attached hydrogens (tertiary/aromatic N) is 2. The van der Waals surface area contributed by atoms with Gasteiger partial charge in [0.2, 0.25) is 11.0 Å². The Bertz CT molecular complexity index is 324. The average Bonchev–Trinajstić information content (AvgIpc) is 2.58. The molecule has 1 aromatic heterocycles. The smallest absolute Gasteiger partial charge is 0.239 e. The largest absolute Gasteiger partial charge is 0.354 e. The van der Waals surface area contributed by atoms with E-state index in [0.717, 1.165) is 5.82 Å². The fraction of sp³-hybridized carbons (Fsp3) is 0.667. The van der Waals surface area contributed by atoms with Gasteiger partial charge in [0.15, 0.2) is 0 Å². The summed E-state index contributed by atoms with van der Waals surface area (Å²) in [6, 6.07) is 0. The van der Waals surface area contributed by atoms with Crippen molar-refractivity contribution in [2.75, 3.05) is 18.4 Å². The second kappa shape index (κ2) is 5.65. The first-order chi connectivity index (χ1) is 7.08. The van der Waals surface area contributed by atoms with Gasteiger partial charge >= 0.3 is 0 Å². The number of aromatic nitrogens is 2. The Balaban J connectivity index is 2.22. The van der Waals surface area contributed by atoms with E-state index >= 15 is 0 Å². The summed E-state index contributed by atoms with van der Waals surface area (Å²) in [6.07, 6.45) is 0. The molecule has 0 unspecified atom stereocenters. The lowest BCUT2D eigenvalue weighted by molar-refractivity contribution is -0.119. The topological polar surface area (TPSA) is 66.9 Å². The average molecular weight is 228 g/mol. The molecule has 0 radical (unpaired) electrons. The van der Waals surface area contributed by atoms with Crippen molar-refractivity contribution in [3.05, 3.63) is 5.82 Å². The van der Waals surface area contributed by atoms with Crippen LogP contribution in [0.25, 0.3) is 0 Å². The van der Waals surface area contributed by atoms with Crippen LogP contribution in [0.4, 0.5) is 5.13 Å². The van der Waals surface area contributed by atoms with Gasteiger partial charge in [-0.25, -0.2) is 4.98 Å². The van der Waals surface area contributed by atoms with E-state index in [2.05, 4.69) is 33.8 Å². The second-order valence-corrected chi connectivity index (χ2v) is 4.45. The molecule has 0 aliphatic rings. The molecular formula is C9H16N4OS. The van der Waals surface area contributed by atoms with Gasteiger partial charge in [-0.05, 0) is 12.8 Å². The Morgan fingerprint density at radius 3 is 2.80 bits per heavy atom. The lowest BCUT2D eigenvalue weighted by Gasteiger charge is -2.07. The molecule has 0 spiro atoms. The van der Waals surface area contributed by atoms with Crippen LogP contribution in [0.3, 0.4) is 0 Å². The van der Waals surface area contributed by atoms with Crippen LogP contribution < -0.4 is 10.6 Å². The monoisotopic (exact) mass is 228 g/mol. The first-order valence-electron chi connectivity index (χ1n) is 4.89. The number of amides is 1. The van der Waals surface area contributed by atoms with Crippen molar-refractivity contribution in [3.63, 3.8) is 0 Å². The van der Waals surface area contributed by atoms with Crippen LogP contribution in [0.15, 0.2) is 0 Å². The maximum Gasteiger partial charge on any atom is 0.239 e. The molecule has 1 heterocycles. The number of hydrogen-bond acceptors (Lipinski definition) is 5. The van der Waals surface area contributed by atoms with Crippen LogP contribution in [0, 0.1) is 12.8 Å². The molecule has 84 valence electrons. The Hall–Kier alpha value is -1.17. The summed E-state index contributed by atoms with van der Waals surface area (Å²) in [5.41, 5.74) is 0. The molecule has 0 fully saturated rings. The zero-order chi connectivity index (χ0) is 11.3. The molecule has 0 atom stereocenters. The molecule has 0 aliphatic heterocycles. The Morgan fingerprint density at radius 2 is 2.27 bits per heavy atom. The molecule has 0 aromatic carbocycles. The second-order valence-electron chi connectivity index (χ2n) is 3.70. The molecule has 2 N–H and O–H groups in total.